The molecule has 1 aliphatic heterocycles. The van der Waals surface area contributed by atoms with Crippen LogP contribution in [0.5, 0.6) is 5.75 Å². The number of aryl methyl sites for hydroxylation is 3. The second-order valence-corrected chi connectivity index (χ2v) is 8.71. The Bertz CT molecular complexity index is 1060. The molecule has 3 aromatic rings. The van der Waals surface area contributed by atoms with E-state index in [1.807, 2.05) is 68.8 Å². The number of carbonyl (C=O) groups excluding carboxylic acids is 1. The van der Waals surface area contributed by atoms with Crippen molar-refractivity contribution in [3.8, 4) is 5.75 Å². The minimum Gasteiger partial charge on any atom is -0.494 e. The molecule has 0 unspecified atom stereocenters. The van der Waals surface area contributed by atoms with Gasteiger partial charge in [-0.2, -0.15) is 0 Å². The zero-order valence-electron chi connectivity index (χ0n) is 18.2. The van der Waals surface area contributed by atoms with Gasteiger partial charge >= 0.3 is 0 Å². The molecule has 0 spiro atoms. The van der Waals surface area contributed by atoms with Gasteiger partial charge in [-0.15, -0.1) is 10.2 Å². The van der Waals surface area contributed by atoms with Crippen LogP contribution in [0, 0.1) is 13.8 Å². The largest absolute Gasteiger partial charge is 0.494 e. The quantitative estimate of drug-likeness (QED) is 0.600. The van der Waals surface area contributed by atoms with Gasteiger partial charge in [0.25, 0.3) is 0 Å². The smallest absolute Gasteiger partial charge is 0.240 e. The number of anilines is 1. The summed E-state index contributed by atoms with van der Waals surface area (Å²) in [6, 6.07) is 13.7. The van der Waals surface area contributed by atoms with Crippen molar-refractivity contribution in [2.24, 2.45) is 0 Å². The first-order valence-electron chi connectivity index (χ1n) is 10.5. The Morgan fingerprint density at radius 3 is 2.48 bits per heavy atom. The van der Waals surface area contributed by atoms with E-state index in [-0.39, 0.29) is 11.9 Å². The molecule has 0 aliphatic carbocycles. The molecule has 0 bridgehead atoms. The number of nitrogens with zero attached hydrogens (tertiary/aromatic N) is 3. The third-order valence-electron chi connectivity index (χ3n) is 5.12. The minimum absolute atomic E-state index is 0.0753. The average Bonchev–Trinajstić information content (AvgIpc) is 3.15. The normalized spacial score (nSPS) is 17.5. The van der Waals surface area contributed by atoms with Crippen molar-refractivity contribution in [3.05, 3.63) is 65.0 Å². The number of benzene rings is 2. The van der Waals surface area contributed by atoms with Gasteiger partial charge in [-0.3, -0.25) is 4.79 Å². The summed E-state index contributed by atoms with van der Waals surface area (Å²) in [5.74, 6) is 1.57. The number of nitrogens with one attached hydrogen (secondary N) is 2. The van der Waals surface area contributed by atoms with Crippen LogP contribution in [-0.4, -0.2) is 32.6 Å². The highest BCUT2D eigenvalue weighted by atomic mass is 32.2. The Hall–Kier alpha value is -3.00. The summed E-state index contributed by atoms with van der Waals surface area (Å²) in [4.78, 5) is 13.4. The SMILES string of the molecule is CCOc1ccc([C@H]2Nn3c(CC)nnc3S[C@H]2C(=O)Nc2cc(C)cc(C)c2)cc1. The van der Waals surface area contributed by atoms with E-state index in [1.165, 1.54) is 11.8 Å². The molecule has 7 nitrogen and oxygen atoms in total. The fourth-order valence-electron chi connectivity index (χ4n) is 3.78. The summed E-state index contributed by atoms with van der Waals surface area (Å²) < 4.78 is 7.47. The maximum atomic E-state index is 13.4. The molecule has 162 valence electrons. The Labute approximate surface area is 186 Å². The molecule has 2 atom stereocenters. The first-order chi connectivity index (χ1) is 15.0. The molecule has 1 aromatic heterocycles. The highest BCUT2D eigenvalue weighted by Gasteiger charge is 2.37. The topological polar surface area (TPSA) is 81.1 Å². The second-order valence-electron chi connectivity index (χ2n) is 7.60. The van der Waals surface area contributed by atoms with Gasteiger partial charge in [-0.05, 0) is 61.7 Å². The van der Waals surface area contributed by atoms with Crippen LogP contribution in [0.4, 0.5) is 5.69 Å². The Morgan fingerprint density at radius 1 is 1.13 bits per heavy atom. The standard InChI is InChI=1S/C23H27N5O2S/c1-5-19-25-26-23-28(19)27-20(16-7-9-18(10-8-16)30-6-2)21(31-23)22(29)24-17-12-14(3)11-15(4)13-17/h7-13,20-21,27H,5-6H2,1-4H3,(H,24,29)/t20-,21-/m1/s1. The second kappa shape index (κ2) is 9.01. The van der Waals surface area contributed by atoms with Gasteiger partial charge < -0.3 is 15.5 Å². The number of rotatable bonds is 6. The van der Waals surface area contributed by atoms with Crippen LogP contribution in [0.2, 0.25) is 0 Å². The van der Waals surface area contributed by atoms with Crippen molar-refractivity contribution in [1.29, 1.82) is 0 Å². The van der Waals surface area contributed by atoms with E-state index in [0.717, 1.165) is 40.4 Å². The number of hydrogen-bond acceptors (Lipinski definition) is 6. The van der Waals surface area contributed by atoms with Crippen molar-refractivity contribution >= 4 is 23.4 Å². The molecule has 2 N–H and O–H groups in total. The van der Waals surface area contributed by atoms with E-state index in [2.05, 4.69) is 27.0 Å². The number of amides is 1. The van der Waals surface area contributed by atoms with Crippen LogP contribution >= 0.6 is 11.8 Å². The number of ether oxygens (including phenoxy) is 1. The molecule has 0 fully saturated rings. The summed E-state index contributed by atoms with van der Waals surface area (Å²) in [6.07, 6.45) is 0.746. The lowest BCUT2D eigenvalue weighted by molar-refractivity contribution is -0.116. The van der Waals surface area contributed by atoms with Gasteiger partial charge in [0.1, 0.15) is 11.0 Å². The van der Waals surface area contributed by atoms with Crippen molar-refractivity contribution in [1.82, 2.24) is 14.9 Å². The predicted octanol–water partition coefficient (Wildman–Crippen LogP) is 4.25. The summed E-state index contributed by atoms with van der Waals surface area (Å²) >= 11 is 1.43. The van der Waals surface area contributed by atoms with E-state index in [1.54, 1.807) is 0 Å². The van der Waals surface area contributed by atoms with Crippen LogP contribution in [0.25, 0.3) is 0 Å². The summed E-state index contributed by atoms with van der Waals surface area (Å²) in [5, 5.41) is 11.9. The maximum absolute atomic E-state index is 13.4. The first kappa shape index (κ1) is 21.2. The zero-order valence-corrected chi connectivity index (χ0v) is 19.0. The van der Waals surface area contributed by atoms with Crippen molar-refractivity contribution in [2.75, 3.05) is 17.3 Å². The molecule has 8 heteroatoms. The lowest BCUT2D eigenvalue weighted by Gasteiger charge is -2.33. The van der Waals surface area contributed by atoms with Gasteiger partial charge in [0, 0.05) is 12.1 Å². The number of aromatic nitrogens is 3. The van der Waals surface area contributed by atoms with Gasteiger partial charge in [-0.1, -0.05) is 36.9 Å². The molecule has 4 rings (SSSR count). The lowest BCUT2D eigenvalue weighted by atomic mass is 10.0. The highest BCUT2D eigenvalue weighted by molar-refractivity contribution is 8.00. The van der Waals surface area contributed by atoms with E-state index >= 15 is 0 Å². The number of thioether (sulfide) groups is 1. The van der Waals surface area contributed by atoms with E-state index < -0.39 is 5.25 Å². The first-order valence-corrected chi connectivity index (χ1v) is 11.4. The van der Waals surface area contributed by atoms with Crippen LogP contribution < -0.4 is 15.5 Å². The fraction of sp³-hybridized carbons (Fsp3) is 0.348. The Balaban J connectivity index is 1.65. The van der Waals surface area contributed by atoms with Crippen LogP contribution in [0.3, 0.4) is 0 Å². The molecule has 31 heavy (non-hydrogen) atoms. The molecule has 1 amide bonds. The highest BCUT2D eigenvalue weighted by Crippen LogP contribution is 2.38. The Kier molecular flexibility index (Phi) is 6.18. The summed E-state index contributed by atoms with van der Waals surface area (Å²) in [5.41, 5.74) is 7.49. The molecule has 1 aliphatic rings. The predicted molar refractivity (Wildman–Crippen MR) is 123 cm³/mol. The molecule has 0 saturated carbocycles. The van der Waals surface area contributed by atoms with Crippen molar-refractivity contribution < 1.29 is 9.53 Å². The monoisotopic (exact) mass is 437 g/mol. The van der Waals surface area contributed by atoms with E-state index in [4.69, 9.17) is 4.74 Å². The third-order valence-corrected chi connectivity index (χ3v) is 6.33. The van der Waals surface area contributed by atoms with Crippen LogP contribution in [-0.2, 0) is 11.2 Å². The zero-order chi connectivity index (χ0) is 22.0. The average molecular weight is 438 g/mol. The number of fused-ring (bicyclic) bond motifs is 1. The van der Waals surface area contributed by atoms with E-state index in [9.17, 15) is 4.79 Å². The van der Waals surface area contributed by atoms with Crippen LogP contribution in [0.1, 0.15) is 42.4 Å². The lowest BCUT2D eigenvalue weighted by Crippen LogP contribution is -2.41. The third kappa shape index (κ3) is 4.54. The molecular formula is C23H27N5O2S. The molecule has 0 saturated heterocycles. The van der Waals surface area contributed by atoms with Gasteiger partial charge in [0.2, 0.25) is 11.1 Å². The van der Waals surface area contributed by atoms with Gasteiger partial charge in [0.05, 0.1) is 12.6 Å². The number of carbonyl (C=O) groups is 1. The summed E-state index contributed by atoms with van der Waals surface area (Å²) in [7, 11) is 0. The Morgan fingerprint density at radius 2 is 1.84 bits per heavy atom. The number of hydrogen-bond donors (Lipinski definition) is 2. The molecule has 0 radical (unpaired) electrons. The summed E-state index contributed by atoms with van der Waals surface area (Å²) in [6.45, 7) is 8.66. The fourth-order valence-corrected chi connectivity index (χ4v) is 4.87. The van der Waals surface area contributed by atoms with Crippen molar-refractivity contribution in [2.45, 2.75) is 50.6 Å². The maximum Gasteiger partial charge on any atom is 0.240 e. The van der Waals surface area contributed by atoms with Crippen LogP contribution in [0.15, 0.2) is 47.6 Å². The minimum atomic E-state index is -0.417. The molecule has 2 aromatic carbocycles. The van der Waals surface area contributed by atoms with Crippen molar-refractivity contribution in [3.63, 3.8) is 0 Å². The van der Waals surface area contributed by atoms with Gasteiger partial charge in [-0.25, -0.2) is 4.68 Å². The molecular weight excluding hydrogens is 410 g/mol. The molecule has 2 heterocycles. The van der Waals surface area contributed by atoms with E-state index in [0.29, 0.717) is 11.8 Å². The van der Waals surface area contributed by atoms with Gasteiger partial charge in [0.15, 0.2) is 5.82 Å².